The van der Waals surface area contributed by atoms with Crippen LogP contribution in [0.15, 0.2) is 24.7 Å². The lowest BCUT2D eigenvalue weighted by Crippen LogP contribution is -2.55. The Morgan fingerprint density at radius 1 is 1.25 bits per heavy atom. The molecule has 3 aromatic heterocycles. The van der Waals surface area contributed by atoms with Crippen LogP contribution in [-0.4, -0.2) is 61.0 Å². The van der Waals surface area contributed by atoms with Crippen molar-refractivity contribution in [3.8, 4) is 17.0 Å². The molecule has 146 valence electrons. The smallest absolute Gasteiger partial charge is 0.203 e. The van der Waals surface area contributed by atoms with E-state index in [2.05, 4.69) is 25.5 Å². The van der Waals surface area contributed by atoms with Gasteiger partial charge in [-0.05, 0) is 32.3 Å². The van der Waals surface area contributed by atoms with E-state index in [0.717, 1.165) is 19.3 Å². The van der Waals surface area contributed by atoms with Gasteiger partial charge in [0.2, 0.25) is 5.65 Å². The molecule has 9 heteroatoms. The summed E-state index contributed by atoms with van der Waals surface area (Å²) in [4.78, 5) is 10.8. The number of pyridine rings is 1. The molecule has 3 aromatic rings. The molecular weight excluding hydrogens is 361 g/mol. The van der Waals surface area contributed by atoms with Gasteiger partial charge in [-0.3, -0.25) is 9.38 Å². The third-order valence-corrected chi connectivity index (χ3v) is 6.05. The summed E-state index contributed by atoms with van der Waals surface area (Å²) in [6.07, 6.45) is 6.79. The molecule has 4 atom stereocenters. The maximum Gasteiger partial charge on any atom is 0.203 e. The third-order valence-electron chi connectivity index (χ3n) is 6.05. The van der Waals surface area contributed by atoms with E-state index in [1.807, 2.05) is 18.9 Å². The first kappa shape index (κ1) is 17.3. The molecule has 2 aliphatic rings. The second kappa shape index (κ2) is 6.37. The molecule has 2 N–H and O–H groups in total. The summed E-state index contributed by atoms with van der Waals surface area (Å²) < 4.78 is 16.5. The van der Waals surface area contributed by atoms with Crippen molar-refractivity contribution in [3.05, 3.63) is 30.5 Å². The van der Waals surface area contributed by atoms with Crippen LogP contribution < -0.4 is 10.2 Å². The van der Waals surface area contributed by atoms with Crippen LogP contribution in [0.2, 0.25) is 0 Å². The number of hydrogen-bond acceptors (Lipinski definition) is 7. The Morgan fingerprint density at radius 3 is 2.89 bits per heavy atom. The Bertz CT molecular complexity index is 1020. The molecule has 2 unspecified atom stereocenters. The summed E-state index contributed by atoms with van der Waals surface area (Å²) in [6, 6.07) is 1.87. The molecule has 28 heavy (non-hydrogen) atoms. The largest absolute Gasteiger partial charge is 0.504 e. The van der Waals surface area contributed by atoms with Gasteiger partial charge >= 0.3 is 0 Å². The molecule has 0 radical (unpaired) electrons. The number of hydrogen-bond donors (Lipinski definition) is 2. The van der Waals surface area contributed by atoms with Gasteiger partial charge in [0.15, 0.2) is 5.75 Å². The zero-order valence-corrected chi connectivity index (χ0v) is 15.7. The molecule has 0 aromatic carbocycles. The van der Waals surface area contributed by atoms with E-state index in [1.54, 1.807) is 29.1 Å². The summed E-state index contributed by atoms with van der Waals surface area (Å²) in [6.45, 7) is 1.81. The van der Waals surface area contributed by atoms with Crippen LogP contribution in [-0.2, 0) is 0 Å². The Balaban J connectivity index is 1.42. The summed E-state index contributed by atoms with van der Waals surface area (Å²) in [7, 11) is 1.87. The van der Waals surface area contributed by atoms with Crippen LogP contribution >= 0.6 is 0 Å². The van der Waals surface area contributed by atoms with Crippen molar-refractivity contribution in [2.45, 2.75) is 50.5 Å². The maximum absolute atomic E-state index is 14.8. The number of nitrogens with one attached hydrogen (secondary N) is 1. The summed E-state index contributed by atoms with van der Waals surface area (Å²) in [5, 5.41) is 21.9. The SMILES string of the molecule is Cc1nnc2c(O)c(-c3cnc(N(C)[C@H]4CC5CCC(N5)[C@H]4F)cn3)ccn12. The number of aromatic nitrogens is 5. The number of piperidine rings is 1. The van der Waals surface area contributed by atoms with E-state index in [9.17, 15) is 9.50 Å². The first-order valence-corrected chi connectivity index (χ1v) is 9.51. The van der Waals surface area contributed by atoms with Crippen molar-refractivity contribution < 1.29 is 9.50 Å². The van der Waals surface area contributed by atoms with Gasteiger partial charge in [0.25, 0.3) is 0 Å². The molecule has 0 amide bonds. The number of anilines is 1. The first-order valence-electron chi connectivity index (χ1n) is 9.51. The molecule has 0 saturated carbocycles. The topological polar surface area (TPSA) is 91.5 Å². The average Bonchev–Trinajstić information content (AvgIpc) is 3.29. The molecular formula is C19H22FN7O. The molecule has 0 spiro atoms. The van der Waals surface area contributed by atoms with Crippen LogP contribution in [0.25, 0.3) is 16.9 Å². The highest BCUT2D eigenvalue weighted by molar-refractivity contribution is 5.74. The highest BCUT2D eigenvalue weighted by Gasteiger charge is 2.43. The Morgan fingerprint density at radius 2 is 2.11 bits per heavy atom. The van der Waals surface area contributed by atoms with Gasteiger partial charge in [0.1, 0.15) is 17.8 Å². The first-order chi connectivity index (χ1) is 13.5. The van der Waals surface area contributed by atoms with Crippen molar-refractivity contribution in [1.29, 1.82) is 0 Å². The van der Waals surface area contributed by atoms with Crippen LogP contribution in [0.1, 0.15) is 25.1 Å². The summed E-state index contributed by atoms with van der Waals surface area (Å²) in [5.74, 6) is 1.32. The van der Waals surface area contributed by atoms with Gasteiger partial charge < -0.3 is 15.3 Å². The fourth-order valence-electron chi connectivity index (χ4n) is 4.43. The minimum atomic E-state index is -0.923. The van der Waals surface area contributed by atoms with Crippen molar-refractivity contribution in [2.75, 3.05) is 11.9 Å². The van der Waals surface area contributed by atoms with E-state index in [0.29, 0.717) is 34.6 Å². The monoisotopic (exact) mass is 383 g/mol. The number of alkyl halides is 1. The average molecular weight is 383 g/mol. The predicted molar refractivity (Wildman–Crippen MR) is 102 cm³/mol. The number of fused-ring (bicyclic) bond motifs is 3. The fraction of sp³-hybridized carbons (Fsp3) is 0.474. The minimum absolute atomic E-state index is 0.0113. The molecule has 2 saturated heterocycles. The molecule has 2 aliphatic heterocycles. The number of nitrogens with zero attached hydrogens (tertiary/aromatic N) is 6. The highest BCUT2D eigenvalue weighted by atomic mass is 19.1. The van der Waals surface area contributed by atoms with Gasteiger partial charge in [0, 0.05) is 30.9 Å². The van der Waals surface area contributed by atoms with Gasteiger partial charge in [-0.2, -0.15) is 0 Å². The van der Waals surface area contributed by atoms with Gasteiger partial charge in [0.05, 0.1) is 24.1 Å². The quantitative estimate of drug-likeness (QED) is 0.713. The van der Waals surface area contributed by atoms with E-state index >= 15 is 0 Å². The Kier molecular flexibility index (Phi) is 3.94. The van der Waals surface area contributed by atoms with E-state index < -0.39 is 6.17 Å². The van der Waals surface area contributed by atoms with Gasteiger partial charge in [-0.1, -0.05) is 0 Å². The predicted octanol–water partition coefficient (Wildman–Crippen LogP) is 1.87. The molecule has 8 nitrogen and oxygen atoms in total. The lowest BCUT2D eigenvalue weighted by molar-refractivity contribution is 0.176. The van der Waals surface area contributed by atoms with Crippen LogP contribution in [0.3, 0.4) is 0 Å². The molecule has 0 aliphatic carbocycles. The lowest BCUT2D eigenvalue weighted by Gasteiger charge is -2.38. The third kappa shape index (κ3) is 2.61. The minimum Gasteiger partial charge on any atom is -0.504 e. The molecule has 5 heterocycles. The van der Waals surface area contributed by atoms with Crippen molar-refractivity contribution in [1.82, 2.24) is 29.9 Å². The number of halogens is 1. The highest BCUT2D eigenvalue weighted by Crippen LogP contribution is 2.34. The van der Waals surface area contributed by atoms with Crippen molar-refractivity contribution >= 4 is 11.5 Å². The zero-order chi connectivity index (χ0) is 19.4. The van der Waals surface area contributed by atoms with Crippen LogP contribution in [0, 0.1) is 6.92 Å². The Hall–Kier alpha value is -2.81. The fourth-order valence-corrected chi connectivity index (χ4v) is 4.43. The normalized spacial score (nSPS) is 26.7. The lowest BCUT2D eigenvalue weighted by atomic mass is 9.96. The molecule has 5 rings (SSSR count). The van der Waals surface area contributed by atoms with E-state index in [-0.39, 0.29) is 17.8 Å². The molecule has 2 fully saturated rings. The summed E-state index contributed by atoms with van der Waals surface area (Å²) >= 11 is 0. The van der Waals surface area contributed by atoms with E-state index in [4.69, 9.17) is 0 Å². The Labute approximate surface area is 161 Å². The molecule has 2 bridgehead atoms. The van der Waals surface area contributed by atoms with Gasteiger partial charge in [-0.25, -0.2) is 9.37 Å². The number of aryl methyl sites for hydroxylation is 1. The van der Waals surface area contributed by atoms with E-state index in [1.165, 1.54) is 0 Å². The van der Waals surface area contributed by atoms with Crippen LogP contribution in [0.4, 0.5) is 10.2 Å². The van der Waals surface area contributed by atoms with Gasteiger partial charge in [-0.15, -0.1) is 10.2 Å². The number of rotatable bonds is 3. The zero-order valence-electron chi connectivity index (χ0n) is 15.7. The van der Waals surface area contributed by atoms with Crippen molar-refractivity contribution in [3.63, 3.8) is 0 Å². The maximum atomic E-state index is 14.8. The number of aromatic hydroxyl groups is 1. The van der Waals surface area contributed by atoms with Crippen LogP contribution in [0.5, 0.6) is 5.75 Å². The summed E-state index contributed by atoms with van der Waals surface area (Å²) in [5.41, 5.74) is 1.44. The second-order valence-corrected chi connectivity index (χ2v) is 7.68. The second-order valence-electron chi connectivity index (χ2n) is 7.68. The van der Waals surface area contributed by atoms with Crippen molar-refractivity contribution in [2.24, 2.45) is 0 Å². The standard InChI is InChI=1S/C19H22FN7O/c1-10-24-25-19-18(28)12(5-6-27(10)19)14-8-22-16(9-21-14)26(2)15-7-11-3-4-13(23-11)17(15)20/h5-6,8-9,11,13,15,17,23,28H,3-4,7H2,1-2H3/t11?,13?,15-,17+/m0/s1.